The summed E-state index contributed by atoms with van der Waals surface area (Å²) < 4.78 is 6.38. The van der Waals surface area contributed by atoms with Crippen molar-refractivity contribution in [2.45, 2.75) is 23.8 Å². The molecule has 25 heavy (non-hydrogen) atoms. The average molecular weight is 417 g/mol. The lowest BCUT2D eigenvalue weighted by Gasteiger charge is -2.16. The maximum atomic E-state index is 12.8. The Morgan fingerprint density at radius 1 is 1.24 bits per heavy atom. The van der Waals surface area contributed by atoms with Crippen LogP contribution in [0.4, 0.5) is 5.69 Å². The number of halogens is 1. The number of thioether (sulfide) groups is 1. The lowest BCUT2D eigenvalue weighted by atomic mass is 10.2. The molecule has 5 nitrogen and oxygen atoms in total. The van der Waals surface area contributed by atoms with Gasteiger partial charge in [-0.3, -0.25) is 9.59 Å². The molecule has 3 aromatic rings. The van der Waals surface area contributed by atoms with Crippen molar-refractivity contribution < 1.29 is 14.0 Å². The van der Waals surface area contributed by atoms with E-state index in [4.69, 9.17) is 4.42 Å². The van der Waals surface area contributed by atoms with Gasteiger partial charge in [0.2, 0.25) is 11.8 Å². The second-order valence-electron chi connectivity index (χ2n) is 5.78. The Bertz CT molecular complexity index is 968. The zero-order chi connectivity index (χ0) is 17.6. The highest BCUT2D eigenvalue weighted by Gasteiger charge is 2.41. The molecule has 126 valence electrons. The number of rotatable bonds is 3. The van der Waals surface area contributed by atoms with Crippen molar-refractivity contribution in [1.82, 2.24) is 4.98 Å². The Balaban J connectivity index is 1.60. The molecule has 7 heteroatoms. The van der Waals surface area contributed by atoms with Crippen molar-refractivity contribution in [3.05, 3.63) is 52.5 Å². The molecule has 1 aliphatic rings. The molecule has 1 fully saturated rings. The summed E-state index contributed by atoms with van der Waals surface area (Å²) in [6.45, 7) is 1.95. The summed E-state index contributed by atoms with van der Waals surface area (Å²) in [6.07, 6.45) is 0.128. The SMILES string of the molecule is Cc1ccc(N2C(=O)CC(Sc3nc4ccccc4o3)C2=O)c(Br)c1. The molecule has 1 aliphatic heterocycles. The summed E-state index contributed by atoms with van der Waals surface area (Å²) in [4.78, 5) is 30.8. The van der Waals surface area contributed by atoms with Crippen LogP contribution >= 0.6 is 27.7 Å². The molecule has 2 heterocycles. The first kappa shape index (κ1) is 16.4. The van der Waals surface area contributed by atoms with Crippen molar-refractivity contribution in [3.63, 3.8) is 0 Å². The van der Waals surface area contributed by atoms with Crippen LogP contribution in [0.5, 0.6) is 0 Å². The number of para-hydroxylation sites is 2. The first-order valence-electron chi connectivity index (χ1n) is 7.68. The van der Waals surface area contributed by atoms with E-state index in [0.29, 0.717) is 16.5 Å². The van der Waals surface area contributed by atoms with Gasteiger partial charge in [-0.15, -0.1) is 0 Å². The zero-order valence-corrected chi connectivity index (χ0v) is 15.6. The number of carbonyl (C=O) groups is 2. The van der Waals surface area contributed by atoms with E-state index in [1.54, 1.807) is 6.07 Å². The molecule has 4 rings (SSSR count). The number of hydrogen-bond donors (Lipinski definition) is 0. The van der Waals surface area contributed by atoms with E-state index in [1.807, 2.05) is 43.3 Å². The van der Waals surface area contributed by atoms with E-state index in [-0.39, 0.29) is 18.2 Å². The number of oxazole rings is 1. The molecule has 2 aromatic carbocycles. The molecule has 1 aromatic heterocycles. The maximum absolute atomic E-state index is 12.8. The molecule has 1 atom stereocenters. The van der Waals surface area contributed by atoms with Crippen LogP contribution in [0.2, 0.25) is 0 Å². The fraction of sp³-hybridized carbons (Fsp3) is 0.167. The Morgan fingerprint density at radius 2 is 2.04 bits per heavy atom. The van der Waals surface area contributed by atoms with E-state index in [9.17, 15) is 9.59 Å². The second kappa shape index (κ2) is 6.31. The first-order valence-corrected chi connectivity index (χ1v) is 9.35. The number of aryl methyl sites for hydroxylation is 1. The minimum atomic E-state index is -0.534. The van der Waals surface area contributed by atoms with Gasteiger partial charge in [-0.25, -0.2) is 9.88 Å². The van der Waals surface area contributed by atoms with E-state index in [1.165, 1.54) is 16.7 Å². The number of imide groups is 1. The van der Waals surface area contributed by atoms with Crippen molar-refractivity contribution in [2.24, 2.45) is 0 Å². The molecule has 1 unspecified atom stereocenters. The van der Waals surface area contributed by atoms with Gasteiger partial charge in [0.05, 0.1) is 5.69 Å². The predicted octanol–water partition coefficient (Wildman–Crippen LogP) is 4.32. The van der Waals surface area contributed by atoms with Crippen LogP contribution in [-0.4, -0.2) is 22.0 Å². The van der Waals surface area contributed by atoms with Crippen molar-refractivity contribution in [2.75, 3.05) is 4.90 Å². The highest BCUT2D eigenvalue weighted by molar-refractivity contribution is 9.10. The van der Waals surface area contributed by atoms with Gasteiger partial charge in [-0.05, 0) is 52.7 Å². The van der Waals surface area contributed by atoms with Gasteiger partial charge in [-0.2, -0.15) is 0 Å². The number of aromatic nitrogens is 1. The Labute approximate surface area is 156 Å². The van der Waals surface area contributed by atoms with Crippen molar-refractivity contribution in [1.29, 1.82) is 0 Å². The standard InChI is InChI=1S/C18H13BrN2O3S/c1-10-6-7-13(11(19)8-10)21-16(22)9-15(17(21)23)25-18-20-12-4-2-3-5-14(12)24-18/h2-8,15H,9H2,1H3. The molecule has 0 aliphatic carbocycles. The molecule has 0 N–H and O–H groups in total. The number of amides is 2. The molecule has 0 saturated carbocycles. The van der Waals surface area contributed by atoms with Crippen LogP contribution in [-0.2, 0) is 9.59 Å². The summed E-state index contributed by atoms with van der Waals surface area (Å²) in [5.74, 6) is -0.468. The van der Waals surface area contributed by atoms with Crippen molar-refractivity contribution in [3.8, 4) is 0 Å². The second-order valence-corrected chi connectivity index (χ2v) is 7.79. The Morgan fingerprint density at radius 3 is 2.80 bits per heavy atom. The monoisotopic (exact) mass is 416 g/mol. The minimum Gasteiger partial charge on any atom is -0.431 e. The van der Waals surface area contributed by atoms with Crippen LogP contribution in [0.25, 0.3) is 11.1 Å². The molecule has 0 bridgehead atoms. The van der Waals surface area contributed by atoms with E-state index in [0.717, 1.165) is 15.6 Å². The lowest BCUT2D eigenvalue weighted by molar-refractivity contribution is -0.121. The number of carbonyl (C=O) groups excluding carboxylic acids is 2. The highest BCUT2D eigenvalue weighted by Crippen LogP contribution is 2.37. The predicted molar refractivity (Wildman–Crippen MR) is 99.6 cm³/mol. The molecular formula is C18H13BrN2O3S. The Kier molecular flexibility index (Phi) is 4.13. The van der Waals surface area contributed by atoms with Gasteiger partial charge >= 0.3 is 0 Å². The van der Waals surface area contributed by atoms with Crippen LogP contribution in [0.3, 0.4) is 0 Å². The van der Waals surface area contributed by atoms with Crippen LogP contribution in [0.15, 0.2) is 56.6 Å². The summed E-state index contributed by atoms with van der Waals surface area (Å²) in [5.41, 5.74) is 3.02. The van der Waals surface area contributed by atoms with Crippen LogP contribution in [0.1, 0.15) is 12.0 Å². The number of fused-ring (bicyclic) bond motifs is 1. The smallest absolute Gasteiger partial charge is 0.257 e. The maximum Gasteiger partial charge on any atom is 0.257 e. The number of benzene rings is 2. The quantitative estimate of drug-likeness (QED) is 0.594. The van der Waals surface area contributed by atoms with E-state index < -0.39 is 5.25 Å². The summed E-state index contributed by atoms with van der Waals surface area (Å²) >= 11 is 4.63. The van der Waals surface area contributed by atoms with Gasteiger partial charge < -0.3 is 4.42 Å². The summed E-state index contributed by atoms with van der Waals surface area (Å²) in [5, 5.41) is -0.133. The molecule has 0 radical (unpaired) electrons. The lowest BCUT2D eigenvalue weighted by Crippen LogP contribution is -2.31. The molecular weight excluding hydrogens is 404 g/mol. The Hall–Kier alpha value is -2.12. The third-order valence-corrected chi connectivity index (χ3v) is 5.63. The van der Waals surface area contributed by atoms with Crippen molar-refractivity contribution >= 4 is 56.3 Å². The third-order valence-electron chi connectivity index (χ3n) is 3.97. The van der Waals surface area contributed by atoms with Gasteiger partial charge in [0.1, 0.15) is 10.8 Å². The average Bonchev–Trinajstić information content (AvgIpc) is 3.09. The van der Waals surface area contributed by atoms with Gasteiger partial charge in [0, 0.05) is 10.9 Å². The fourth-order valence-corrected chi connectivity index (χ4v) is 4.40. The topological polar surface area (TPSA) is 63.4 Å². The highest BCUT2D eigenvalue weighted by atomic mass is 79.9. The largest absolute Gasteiger partial charge is 0.431 e. The zero-order valence-electron chi connectivity index (χ0n) is 13.2. The summed E-state index contributed by atoms with van der Waals surface area (Å²) in [7, 11) is 0. The number of nitrogens with zero attached hydrogens (tertiary/aromatic N) is 2. The van der Waals surface area contributed by atoms with Gasteiger partial charge in [-0.1, -0.05) is 30.0 Å². The van der Waals surface area contributed by atoms with Crippen LogP contribution < -0.4 is 4.90 Å². The molecule has 2 amide bonds. The minimum absolute atomic E-state index is 0.128. The summed E-state index contributed by atoms with van der Waals surface area (Å²) in [6, 6.07) is 13.0. The number of anilines is 1. The molecule has 1 saturated heterocycles. The van der Waals surface area contributed by atoms with E-state index >= 15 is 0 Å². The first-order chi connectivity index (χ1) is 12.0. The third kappa shape index (κ3) is 2.98. The van der Waals surface area contributed by atoms with Crippen LogP contribution in [0, 0.1) is 6.92 Å². The number of hydrogen-bond acceptors (Lipinski definition) is 5. The molecule has 0 spiro atoms. The normalized spacial score (nSPS) is 17.7. The van der Waals surface area contributed by atoms with Gasteiger partial charge in [0.25, 0.3) is 5.22 Å². The van der Waals surface area contributed by atoms with Gasteiger partial charge in [0.15, 0.2) is 5.58 Å². The fourth-order valence-electron chi connectivity index (χ4n) is 2.77. The van der Waals surface area contributed by atoms with E-state index in [2.05, 4.69) is 20.9 Å².